The molecule has 1 aliphatic carbocycles. The zero-order valence-corrected chi connectivity index (χ0v) is 16.3. The van der Waals surface area contributed by atoms with Crippen molar-refractivity contribution in [2.24, 2.45) is 5.92 Å². The third-order valence-electron chi connectivity index (χ3n) is 5.11. The molecule has 0 aromatic carbocycles. The van der Waals surface area contributed by atoms with Crippen LogP contribution < -0.4 is 10.9 Å². The van der Waals surface area contributed by atoms with Gasteiger partial charge in [0.25, 0.3) is 5.56 Å². The Labute approximate surface area is 155 Å². The lowest BCUT2D eigenvalue weighted by atomic mass is 9.89. The van der Waals surface area contributed by atoms with E-state index in [1.165, 1.54) is 21.7 Å². The topological polar surface area (TPSA) is 62.4 Å². The molecule has 6 heteroatoms. The third-order valence-corrected chi connectivity index (χ3v) is 7.19. The van der Waals surface area contributed by atoms with E-state index >= 15 is 0 Å². The van der Waals surface area contributed by atoms with Crippen molar-refractivity contribution in [3.05, 3.63) is 49.0 Å². The molecular weight excluding hydrogens is 350 g/mol. The molecule has 3 aromatic rings. The molecule has 4 nitrogen and oxygen atoms in total. The van der Waals surface area contributed by atoms with Crippen LogP contribution in [0.4, 0.5) is 0 Å². The summed E-state index contributed by atoms with van der Waals surface area (Å²) < 4.78 is 0. The van der Waals surface area contributed by atoms with Crippen LogP contribution in [0.1, 0.15) is 47.5 Å². The Morgan fingerprint density at radius 1 is 1.48 bits per heavy atom. The smallest absolute Gasteiger partial charge is 0.260 e. The fraction of sp³-hybridized carbons (Fsp3) is 0.474. The maximum atomic E-state index is 12.7. The molecule has 0 spiro atoms. The van der Waals surface area contributed by atoms with Gasteiger partial charge in [-0.1, -0.05) is 13.0 Å². The maximum absolute atomic E-state index is 12.7. The van der Waals surface area contributed by atoms with Gasteiger partial charge < -0.3 is 10.3 Å². The molecule has 3 aromatic heterocycles. The highest BCUT2D eigenvalue weighted by Crippen LogP contribution is 2.35. The lowest BCUT2D eigenvalue weighted by Crippen LogP contribution is -2.85. The van der Waals surface area contributed by atoms with E-state index in [1.54, 1.807) is 22.7 Å². The summed E-state index contributed by atoms with van der Waals surface area (Å²) in [4.78, 5) is 24.3. The van der Waals surface area contributed by atoms with Crippen LogP contribution in [0.5, 0.6) is 0 Å². The first-order chi connectivity index (χ1) is 12.1. The Morgan fingerprint density at radius 3 is 3.16 bits per heavy atom. The summed E-state index contributed by atoms with van der Waals surface area (Å²) in [5.41, 5.74) is 1.30. The number of nitrogens with two attached hydrogens (primary N) is 1. The Hall–Kier alpha value is -1.50. The number of hydrogen-bond donors (Lipinski definition) is 2. The predicted octanol–water partition coefficient (Wildman–Crippen LogP) is 3.04. The number of hydrogen-bond acceptors (Lipinski definition) is 4. The van der Waals surface area contributed by atoms with E-state index in [0.29, 0.717) is 5.92 Å². The molecule has 2 atom stereocenters. The first-order valence-electron chi connectivity index (χ1n) is 9.02. The van der Waals surface area contributed by atoms with Crippen molar-refractivity contribution >= 4 is 32.9 Å². The second-order valence-electron chi connectivity index (χ2n) is 7.13. The normalized spacial score (nSPS) is 18.4. The number of rotatable bonds is 5. The van der Waals surface area contributed by atoms with Crippen LogP contribution >= 0.6 is 22.7 Å². The molecule has 0 unspecified atom stereocenters. The molecule has 132 valence electrons. The summed E-state index contributed by atoms with van der Waals surface area (Å²) in [6.07, 6.45) is 4.34. The van der Waals surface area contributed by atoms with Gasteiger partial charge in [-0.05, 0) is 49.1 Å². The predicted molar refractivity (Wildman–Crippen MR) is 105 cm³/mol. The second-order valence-corrected chi connectivity index (χ2v) is 9.24. The van der Waals surface area contributed by atoms with E-state index in [9.17, 15) is 4.79 Å². The zero-order chi connectivity index (χ0) is 17.4. The molecule has 0 saturated carbocycles. The van der Waals surface area contributed by atoms with Crippen molar-refractivity contribution in [3.63, 3.8) is 0 Å². The Kier molecular flexibility index (Phi) is 4.75. The lowest BCUT2D eigenvalue weighted by Gasteiger charge is -2.17. The number of nitrogens with one attached hydrogen (secondary N) is 1. The van der Waals surface area contributed by atoms with Gasteiger partial charge in [0.05, 0.1) is 11.9 Å². The van der Waals surface area contributed by atoms with Crippen LogP contribution in [-0.2, 0) is 19.3 Å². The summed E-state index contributed by atoms with van der Waals surface area (Å²) in [5.74, 6) is 1.51. The van der Waals surface area contributed by atoms with Gasteiger partial charge >= 0.3 is 0 Å². The van der Waals surface area contributed by atoms with Gasteiger partial charge in [0.2, 0.25) is 0 Å². The molecule has 0 fully saturated rings. The van der Waals surface area contributed by atoms with Crippen molar-refractivity contribution in [3.8, 4) is 0 Å². The number of thiophene rings is 2. The van der Waals surface area contributed by atoms with Crippen molar-refractivity contribution in [1.29, 1.82) is 0 Å². The van der Waals surface area contributed by atoms with Gasteiger partial charge in [-0.25, -0.2) is 4.98 Å². The van der Waals surface area contributed by atoms with Gasteiger partial charge in [0.15, 0.2) is 5.82 Å². The van der Waals surface area contributed by atoms with Gasteiger partial charge in [0.1, 0.15) is 10.9 Å². The number of aryl methyl sites for hydroxylation is 1. The molecule has 25 heavy (non-hydrogen) atoms. The Bertz CT molecular complexity index is 926. The fourth-order valence-corrected chi connectivity index (χ4v) is 5.74. The fourth-order valence-electron chi connectivity index (χ4n) is 3.62. The number of quaternary nitrogens is 1. The molecule has 4 rings (SSSR count). The van der Waals surface area contributed by atoms with Crippen LogP contribution in [0.25, 0.3) is 10.2 Å². The van der Waals surface area contributed by atoms with Crippen LogP contribution in [0.15, 0.2) is 22.3 Å². The van der Waals surface area contributed by atoms with Crippen molar-refractivity contribution in [2.75, 3.05) is 6.54 Å². The first kappa shape index (κ1) is 16.9. The largest absolute Gasteiger partial charge is 0.337 e. The van der Waals surface area contributed by atoms with Gasteiger partial charge in [-0.15, -0.1) is 22.7 Å². The highest BCUT2D eigenvalue weighted by atomic mass is 32.1. The quantitative estimate of drug-likeness (QED) is 0.721. The SMILES string of the molecule is C[C@H]1CCc2c(sc3nc([C@H](C)[NH2+]CCc4cccs4)[nH]c(=O)c23)C1. The average Bonchev–Trinajstić information content (AvgIpc) is 3.21. The van der Waals surface area contributed by atoms with Crippen LogP contribution in [0.2, 0.25) is 0 Å². The molecule has 1 aliphatic rings. The van der Waals surface area contributed by atoms with Crippen LogP contribution in [0.3, 0.4) is 0 Å². The number of H-pyrrole nitrogens is 1. The Balaban J connectivity index is 1.55. The summed E-state index contributed by atoms with van der Waals surface area (Å²) in [5, 5.41) is 5.23. The summed E-state index contributed by atoms with van der Waals surface area (Å²) in [6, 6.07) is 4.43. The highest BCUT2D eigenvalue weighted by molar-refractivity contribution is 7.18. The minimum absolute atomic E-state index is 0.0468. The molecule has 0 amide bonds. The first-order valence-corrected chi connectivity index (χ1v) is 10.7. The minimum atomic E-state index is 0.0468. The molecular formula is C19H24N3OS2+. The van der Waals surface area contributed by atoms with E-state index in [1.807, 2.05) is 0 Å². The Morgan fingerprint density at radius 2 is 2.36 bits per heavy atom. The van der Waals surface area contributed by atoms with Gasteiger partial charge in [-0.3, -0.25) is 4.79 Å². The molecule has 0 bridgehead atoms. The minimum Gasteiger partial charge on any atom is -0.337 e. The van der Waals surface area contributed by atoms with Crippen molar-refractivity contribution in [1.82, 2.24) is 9.97 Å². The number of aromatic nitrogens is 2. The number of fused-ring (bicyclic) bond motifs is 3. The van der Waals surface area contributed by atoms with E-state index in [-0.39, 0.29) is 11.6 Å². The molecule has 0 saturated heterocycles. The van der Waals surface area contributed by atoms with E-state index in [2.05, 4.69) is 41.7 Å². The molecule has 3 heterocycles. The molecule has 0 radical (unpaired) electrons. The summed E-state index contributed by atoms with van der Waals surface area (Å²) in [6.45, 7) is 5.41. The van der Waals surface area contributed by atoms with Crippen molar-refractivity contribution < 1.29 is 5.32 Å². The van der Waals surface area contributed by atoms with E-state index in [0.717, 1.165) is 41.8 Å². The van der Waals surface area contributed by atoms with E-state index < -0.39 is 0 Å². The highest BCUT2D eigenvalue weighted by Gasteiger charge is 2.24. The number of aromatic amines is 1. The second kappa shape index (κ2) is 7.02. The van der Waals surface area contributed by atoms with Crippen LogP contribution in [-0.4, -0.2) is 16.5 Å². The number of nitrogens with zero attached hydrogens (tertiary/aromatic N) is 1. The zero-order valence-electron chi connectivity index (χ0n) is 14.7. The molecule has 0 aliphatic heterocycles. The summed E-state index contributed by atoms with van der Waals surface area (Å²) >= 11 is 3.53. The van der Waals surface area contributed by atoms with Gasteiger partial charge in [-0.2, -0.15) is 0 Å². The van der Waals surface area contributed by atoms with Crippen LogP contribution in [0, 0.1) is 5.92 Å². The average molecular weight is 375 g/mol. The third kappa shape index (κ3) is 3.43. The standard InChI is InChI=1S/C19H23N3OS2/c1-11-5-6-14-15(10-11)25-19-16(14)18(23)21-17(22-19)12(2)20-8-7-13-4-3-9-24-13/h3-4,9,11-12,20H,5-8,10H2,1-2H3,(H,21,22,23)/p+1/t11-,12-/m0/s1. The monoisotopic (exact) mass is 374 g/mol. The van der Waals surface area contributed by atoms with Gasteiger partial charge in [0, 0.05) is 16.2 Å². The molecule has 3 N–H and O–H groups in total. The lowest BCUT2D eigenvalue weighted by molar-refractivity contribution is -0.693. The maximum Gasteiger partial charge on any atom is 0.260 e. The van der Waals surface area contributed by atoms with E-state index in [4.69, 9.17) is 4.98 Å². The van der Waals surface area contributed by atoms with Crippen molar-refractivity contribution in [2.45, 2.75) is 45.6 Å². The summed E-state index contributed by atoms with van der Waals surface area (Å²) in [7, 11) is 0.